The van der Waals surface area contributed by atoms with E-state index in [2.05, 4.69) is 38.1 Å². The number of rotatable bonds is 7. The molecule has 0 unspecified atom stereocenters. The van der Waals surface area contributed by atoms with Crippen LogP contribution in [0.3, 0.4) is 0 Å². The second kappa shape index (κ2) is 9.97. The highest BCUT2D eigenvalue weighted by molar-refractivity contribution is 5.95. The van der Waals surface area contributed by atoms with E-state index in [1.54, 1.807) is 13.0 Å². The van der Waals surface area contributed by atoms with E-state index in [-0.39, 0.29) is 40.8 Å². The minimum absolute atomic E-state index is 0.0293. The SMILES string of the molecule is CC(C)[C@@](C)(O)[C@@H]1O[C@@H]1[C@](C)(O)[C@@H]1CC[C@]2(O)C3=CC(=O)[C@H]4C[C@@H](O)CC[C@]4(C)[C@@H]3[C@@H](CCc3ccccc3)C[C@]12C. The molecule has 3 saturated carbocycles. The lowest BCUT2D eigenvalue weighted by Gasteiger charge is -2.63. The van der Waals surface area contributed by atoms with Crippen molar-refractivity contribution in [3.63, 3.8) is 0 Å². The van der Waals surface area contributed by atoms with Crippen molar-refractivity contribution in [2.45, 2.75) is 128 Å². The van der Waals surface area contributed by atoms with Crippen LogP contribution in [-0.4, -0.2) is 61.3 Å². The monoisotopic (exact) mass is 580 g/mol. The largest absolute Gasteiger partial charge is 0.393 e. The van der Waals surface area contributed by atoms with Gasteiger partial charge in [-0.05, 0) is 112 Å². The molecule has 4 aliphatic carbocycles. The Morgan fingerprint density at radius 3 is 2.40 bits per heavy atom. The van der Waals surface area contributed by atoms with E-state index in [9.17, 15) is 25.2 Å². The maximum Gasteiger partial charge on any atom is 0.159 e. The van der Waals surface area contributed by atoms with Crippen LogP contribution < -0.4 is 0 Å². The highest BCUT2D eigenvalue weighted by Gasteiger charge is 2.73. The van der Waals surface area contributed by atoms with Crippen LogP contribution in [0.4, 0.5) is 0 Å². The summed E-state index contributed by atoms with van der Waals surface area (Å²) in [6.45, 7) is 11.9. The predicted octanol–water partition coefficient (Wildman–Crippen LogP) is 5.00. The van der Waals surface area contributed by atoms with Gasteiger partial charge in [-0.2, -0.15) is 0 Å². The highest BCUT2D eigenvalue weighted by atomic mass is 16.6. The molecular weight excluding hydrogens is 528 g/mol. The fourth-order valence-corrected chi connectivity index (χ4v) is 10.4. The first-order chi connectivity index (χ1) is 19.6. The third-order valence-corrected chi connectivity index (χ3v) is 13.3. The van der Waals surface area contributed by atoms with Gasteiger partial charge in [-0.25, -0.2) is 0 Å². The number of aliphatic hydroxyl groups is 4. The molecule has 0 radical (unpaired) electrons. The Bertz CT molecular complexity index is 1240. The lowest BCUT2D eigenvalue weighted by atomic mass is 9.43. The Morgan fingerprint density at radius 2 is 1.74 bits per heavy atom. The normalized spacial score (nSPS) is 45.7. The number of aliphatic hydroxyl groups excluding tert-OH is 1. The first kappa shape index (κ1) is 30.5. The number of aryl methyl sites for hydroxylation is 1. The molecule has 42 heavy (non-hydrogen) atoms. The number of ether oxygens (including phenoxy) is 1. The van der Waals surface area contributed by atoms with E-state index in [1.165, 1.54) is 5.56 Å². The van der Waals surface area contributed by atoms with Crippen molar-refractivity contribution in [2.24, 2.45) is 40.4 Å². The van der Waals surface area contributed by atoms with Crippen LogP contribution in [0.5, 0.6) is 0 Å². The van der Waals surface area contributed by atoms with Crippen LogP contribution in [-0.2, 0) is 16.0 Å². The van der Waals surface area contributed by atoms with E-state index < -0.39 is 40.5 Å². The van der Waals surface area contributed by atoms with Gasteiger partial charge in [0.1, 0.15) is 12.2 Å². The maximum atomic E-state index is 13.8. The Labute approximate surface area is 251 Å². The summed E-state index contributed by atoms with van der Waals surface area (Å²) in [5.74, 6) is -0.230. The Morgan fingerprint density at radius 1 is 1.05 bits per heavy atom. The Kier molecular flexibility index (Phi) is 7.23. The summed E-state index contributed by atoms with van der Waals surface area (Å²) >= 11 is 0. The lowest BCUT2D eigenvalue weighted by Crippen LogP contribution is -2.63. The molecule has 4 fully saturated rings. The molecule has 0 amide bonds. The van der Waals surface area contributed by atoms with Crippen molar-refractivity contribution in [3.05, 3.63) is 47.5 Å². The number of benzene rings is 1. The molecule has 6 nitrogen and oxygen atoms in total. The average molecular weight is 581 g/mol. The summed E-state index contributed by atoms with van der Waals surface area (Å²) in [5.41, 5.74) is -2.36. The van der Waals surface area contributed by atoms with E-state index in [0.717, 1.165) is 31.3 Å². The third kappa shape index (κ3) is 4.34. The molecule has 1 aliphatic heterocycles. The van der Waals surface area contributed by atoms with Gasteiger partial charge in [0.15, 0.2) is 5.78 Å². The molecule has 12 atom stereocenters. The van der Waals surface area contributed by atoms with Gasteiger partial charge in [0.05, 0.1) is 22.9 Å². The molecule has 5 aliphatic rings. The van der Waals surface area contributed by atoms with Gasteiger partial charge >= 0.3 is 0 Å². The molecular formula is C36H52O6. The maximum absolute atomic E-state index is 13.8. The second-order valence-electron chi connectivity index (χ2n) is 15.9. The van der Waals surface area contributed by atoms with Crippen LogP contribution in [0.2, 0.25) is 0 Å². The average Bonchev–Trinajstić information content (AvgIpc) is 3.70. The quantitative estimate of drug-likeness (QED) is 0.338. The molecule has 0 aromatic heterocycles. The number of epoxide rings is 1. The Hall–Kier alpha value is -1.57. The number of allylic oxidation sites excluding steroid dienone is 1. The number of carbonyl (C=O) groups excluding carboxylic acids is 1. The first-order valence-corrected chi connectivity index (χ1v) is 16.4. The molecule has 1 saturated heterocycles. The number of fused-ring (bicyclic) bond motifs is 5. The van der Waals surface area contributed by atoms with Crippen molar-refractivity contribution in [1.29, 1.82) is 0 Å². The minimum atomic E-state index is -1.25. The standard InChI is InChI=1S/C36H52O6/c1-21(2)34(5,39)30-31(42-30)35(6,40)28-15-17-36(41)26-19-27(38)25-18-24(37)14-16-32(25,3)29(26)23(20-33(28,36)4)13-12-22-10-8-7-9-11-22/h7-11,19,21,23-25,28-31,37,39-41H,12-18,20H2,1-6H3/t23-,24-,25+,28+,29+,30+,31-,32-,33+,34+,35+,36-/m0/s1. The molecule has 1 heterocycles. The third-order valence-electron chi connectivity index (χ3n) is 13.3. The van der Waals surface area contributed by atoms with Crippen LogP contribution >= 0.6 is 0 Å². The van der Waals surface area contributed by atoms with Crippen LogP contribution in [0.15, 0.2) is 42.0 Å². The smallest absolute Gasteiger partial charge is 0.159 e. The van der Waals surface area contributed by atoms with Crippen LogP contribution in [0, 0.1) is 40.4 Å². The van der Waals surface area contributed by atoms with Gasteiger partial charge in [0.25, 0.3) is 0 Å². The van der Waals surface area contributed by atoms with Crippen molar-refractivity contribution in [1.82, 2.24) is 0 Å². The summed E-state index contributed by atoms with van der Waals surface area (Å²) in [6, 6.07) is 10.5. The number of hydrogen-bond donors (Lipinski definition) is 4. The summed E-state index contributed by atoms with van der Waals surface area (Å²) in [6.07, 6.45) is 5.97. The summed E-state index contributed by atoms with van der Waals surface area (Å²) < 4.78 is 6.06. The van der Waals surface area contributed by atoms with Gasteiger partial charge in [-0.1, -0.05) is 58.0 Å². The molecule has 1 aromatic rings. The fraction of sp³-hybridized carbons (Fsp3) is 0.750. The van der Waals surface area contributed by atoms with Crippen molar-refractivity contribution in [3.8, 4) is 0 Å². The zero-order valence-corrected chi connectivity index (χ0v) is 26.3. The number of carbonyl (C=O) groups is 1. The van der Waals surface area contributed by atoms with Crippen molar-refractivity contribution >= 4 is 5.78 Å². The highest BCUT2D eigenvalue weighted by Crippen LogP contribution is 2.71. The zero-order chi connectivity index (χ0) is 30.5. The molecule has 6 heteroatoms. The minimum Gasteiger partial charge on any atom is -0.393 e. The van der Waals surface area contributed by atoms with Crippen molar-refractivity contribution in [2.75, 3.05) is 0 Å². The van der Waals surface area contributed by atoms with E-state index in [4.69, 9.17) is 4.74 Å². The van der Waals surface area contributed by atoms with Gasteiger partial charge < -0.3 is 25.2 Å². The fourth-order valence-electron chi connectivity index (χ4n) is 10.4. The van der Waals surface area contributed by atoms with Crippen LogP contribution in [0.25, 0.3) is 0 Å². The lowest BCUT2D eigenvalue weighted by molar-refractivity contribution is -0.165. The molecule has 0 bridgehead atoms. The van der Waals surface area contributed by atoms with Gasteiger partial charge in [-0.15, -0.1) is 0 Å². The predicted molar refractivity (Wildman–Crippen MR) is 161 cm³/mol. The van der Waals surface area contributed by atoms with Gasteiger partial charge in [-0.3, -0.25) is 4.79 Å². The zero-order valence-electron chi connectivity index (χ0n) is 26.3. The number of hydrogen-bond acceptors (Lipinski definition) is 6. The first-order valence-electron chi connectivity index (χ1n) is 16.4. The van der Waals surface area contributed by atoms with E-state index in [0.29, 0.717) is 25.7 Å². The topological polar surface area (TPSA) is 111 Å². The summed E-state index contributed by atoms with van der Waals surface area (Å²) in [7, 11) is 0. The summed E-state index contributed by atoms with van der Waals surface area (Å²) in [4.78, 5) is 13.8. The molecule has 4 N–H and O–H groups in total. The Balaban J connectivity index is 1.39. The van der Waals surface area contributed by atoms with Gasteiger partial charge in [0, 0.05) is 11.3 Å². The molecule has 6 rings (SSSR count). The molecule has 0 spiro atoms. The second-order valence-corrected chi connectivity index (χ2v) is 15.9. The van der Waals surface area contributed by atoms with E-state index >= 15 is 0 Å². The van der Waals surface area contributed by atoms with Crippen LogP contribution in [0.1, 0.15) is 92.1 Å². The number of ketones is 1. The molecule has 232 valence electrons. The van der Waals surface area contributed by atoms with Gasteiger partial charge in [0.2, 0.25) is 0 Å². The molecule has 1 aromatic carbocycles. The summed E-state index contributed by atoms with van der Waals surface area (Å²) in [5, 5.41) is 46.8. The van der Waals surface area contributed by atoms with E-state index in [1.807, 2.05) is 26.8 Å². The van der Waals surface area contributed by atoms with Crippen molar-refractivity contribution < 1.29 is 30.0 Å².